The molecule has 0 radical (unpaired) electrons. The van der Waals surface area contributed by atoms with Crippen LogP contribution < -0.4 is 16.4 Å². The maximum Gasteiger partial charge on any atom is 0.277 e. The smallest absolute Gasteiger partial charge is 0.277 e. The minimum absolute atomic E-state index is 0.296. The number of amides is 1. The van der Waals surface area contributed by atoms with Crippen molar-refractivity contribution in [3.8, 4) is 0 Å². The molecular weight excluding hydrogens is 300 g/mol. The van der Waals surface area contributed by atoms with Crippen molar-refractivity contribution < 1.29 is 4.79 Å². The van der Waals surface area contributed by atoms with Crippen molar-refractivity contribution in [2.45, 2.75) is 0 Å². The molecule has 0 fully saturated rings. The first kappa shape index (κ1) is 14.0. The van der Waals surface area contributed by atoms with Crippen molar-refractivity contribution in [3.05, 3.63) is 54.2 Å². The summed E-state index contributed by atoms with van der Waals surface area (Å²) in [6, 6.07) is 5.30. The zero-order valence-corrected chi connectivity index (χ0v) is 12.2. The van der Waals surface area contributed by atoms with Gasteiger partial charge < -0.3 is 16.4 Å². The molecule has 0 atom stereocenters. The molecule has 7 nitrogen and oxygen atoms in total. The van der Waals surface area contributed by atoms with E-state index in [-0.39, 0.29) is 5.91 Å². The topological polar surface area (TPSA) is 106 Å². The van der Waals surface area contributed by atoms with E-state index in [4.69, 9.17) is 5.73 Å². The Labute approximate surface area is 130 Å². The first-order chi connectivity index (χ1) is 10.7. The Hall–Kier alpha value is -3.00. The molecule has 22 heavy (non-hydrogen) atoms. The highest BCUT2D eigenvalue weighted by Crippen LogP contribution is 2.26. The molecule has 1 amide bonds. The van der Waals surface area contributed by atoms with Crippen molar-refractivity contribution in [1.29, 1.82) is 0 Å². The summed E-state index contributed by atoms with van der Waals surface area (Å²) in [4.78, 5) is 24.3. The molecule has 3 rings (SSSR count). The van der Waals surface area contributed by atoms with Gasteiger partial charge in [0.25, 0.3) is 5.91 Å². The summed E-state index contributed by atoms with van der Waals surface area (Å²) in [5.41, 5.74) is 9.34. The van der Waals surface area contributed by atoms with Crippen molar-refractivity contribution in [2.24, 2.45) is 0 Å². The molecule has 8 heteroatoms. The Bertz CT molecular complexity index is 789. The molecule has 110 valence electrons. The van der Waals surface area contributed by atoms with Crippen molar-refractivity contribution in [2.75, 3.05) is 16.4 Å². The van der Waals surface area contributed by atoms with Gasteiger partial charge in [0.05, 0.1) is 35.0 Å². The Kier molecular flexibility index (Phi) is 3.92. The van der Waals surface area contributed by atoms with E-state index in [2.05, 4.69) is 25.6 Å². The monoisotopic (exact) mass is 312 g/mol. The van der Waals surface area contributed by atoms with Crippen molar-refractivity contribution in [3.63, 3.8) is 0 Å². The molecule has 3 aromatic rings. The molecule has 0 aliphatic carbocycles. The predicted molar refractivity (Wildman–Crippen MR) is 86.2 cm³/mol. The van der Waals surface area contributed by atoms with Crippen LogP contribution in [0.5, 0.6) is 0 Å². The molecule has 0 saturated heterocycles. The zero-order valence-electron chi connectivity index (χ0n) is 11.4. The Morgan fingerprint density at radius 1 is 1.18 bits per heavy atom. The number of hydrogen-bond donors (Lipinski definition) is 3. The summed E-state index contributed by atoms with van der Waals surface area (Å²) in [7, 11) is 0. The van der Waals surface area contributed by atoms with E-state index >= 15 is 0 Å². The highest BCUT2D eigenvalue weighted by Gasteiger charge is 2.16. The second-order valence-corrected chi connectivity index (χ2v) is 5.17. The number of thiazole rings is 1. The van der Waals surface area contributed by atoms with Crippen LogP contribution in [0.15, 0.2) is 48.5 Å². The highest BCUT2D eigenvalue weighted by molar-refractivity contribution is 7.14. The predicted octanol–water partition coefficient (Wildman–Crippen LogP) is 2.51. The van der Waals surface area contributed by atoms with Gasteiger partial charge in [-0.25, -0.2) is 4.98 Å². The largest absolute Gasteiger partial charge is 0.396 e. The molecular formula is C14H12N6OS. The standard InChI is InChI=1S/C14H12N6OS/c15-10-7-17-5-3-11(10)20-13(21)12-14(22-8-18-12)19-9-2-1-4-16-6-9/h1-8,19H,15H2,(H,17,20,21). The van der Waals surface area contributed by atoms with Crippen LogP contribution in [0.1, 0.15) is 10.5 Å². The SMILES string of the molecule is Nc1cnccc1NC(=O)c1ncsc1Nc1cccnc1. The normalized spacial score (nSPS) is 10.2. The number of aromatic nitrogens is 3. The molecule has 0 aliphatic rings. The van der Waals surface area contributed by atoms with E-state index in [1.807, 2.05) is 6.07 Å². The quantitative estimate of drug-likeness (QED) is 0.683. The fraction of sp³-hybridized carbons (Fsp3) is 0. The van der Waals surface area contributed by atoms with E-state index in [0.717, 1.165) is 5.69 Å². The minimum atomic E-state index is -0.342. The number of anilines is 4. The number of nitrogen functional groups attached to an aromatic ring is 1. The van der Waals surface area contributed by atoms with E-state index < -0.39 is 0 Å². The van der Waals surface area contributed by atoms with Crippen LogP contribution in [-0.4, -0.2) is 20.9 Å². The van der Waals surface area contributed by atoms with Gasteiger partial charge in [-0.2, -0.15) is 0 Å². The number of carbonyl (C=O) groups excluding carboxylic acids is 1. The second-order valence-electron chi connectivity index (χ2n) is 4.31. The molecule has 0 bridgehead atoms. The van der Waals surface area contributed by atoms with Crippen molar-refractivity contribution >= 4 is 39.3 Å². The molecule has 0 saturated carbocycles. The third-order valence-corrected chi connectivity index (χ3v) is 3.54. The molecule has 0 spiro atoms. The molecule has 0 unspecified atom stereocenters. The third-order valence-electron chi connectivity index (χ3n) is 2.80. The van der Waals surface area contributed by atoms with Crippen LogP contribution in [0.3, 0.4) is 0 Å². The van der Waals surface area contributed by atoms with Crippen LogP contribution >= 0.6 is 11.3 Å². The van der Waals surface area contributed by atoms with Crippen LogP contribution in [0, 0.1) is 0 Å². The lowest BCUT2D eigenvalue weighted by molar-refractivity contribution is 0.102. The molecule has 4 N–H and O–H groups in total. The minimum Gasteiger partial charge on any atom is -0.396 e. The molecule has 0 aliphatic heterocycles. The summed E-state index contributed by atoms with van der Waals surface area (Å²) >= 11 is 1.33. The Morgan fingerprint density at radius 2 is 2.05 bits per heavy atom. The van der Waals surface area contributed by atoms with Crippen LogP contribution in [-0.2, 0) is 0 Å². The van der Waals surface area contributed by atoms with Gasteiger partial charge in [-0.05, 0) is 18.2 Å². The molecule has 0 aromatic carbocycles. The van der Waals surface area contributed by atoms with Gasteiger partial charge in [0.1, 0.15) is 5.00 Å². The molecule has 3 aromatic heterocycles. The van der Waals surface area contributed by atoms with Crippen LogP contribution in [0.2, 0.25) is 0 Å². The molecule has 3 heterocycles. The van der Waals surface area contributed by atoms with Crippen LogP contribution in [0.4, 0.5) is 22.1 Å². The highest BCUT2D eigenvalue weighted by atomic mass is 32.1. The van der Waals surface area contributed by atoms with E-state index in [1.165, 1.54) is 17.5 Å². The third kappa shape index (κ3) is 3.01. The van der Waals surface area contributed by atoms with Gasteiger partial charge in [-0.3, -0.25) is 14.8 Å². The lowest BCUT2D eigenvalue weighted by Crippen LogP contribution is -2.15. The number of rotatable bonds is 4. The zero-order chi connectivity index (χ0) is 15.4. The number of pyridine rings is 2. The number of nitrogens with two attached hydrogens (primary N) is 1. The lowest BCUT2D eigenvalue weighted by atomic mass is 10.3. The van der Waals surface area contributed by atoms with Gasteiger partial charge in [0.2, 0.25) is 0 Å². The van der Waals surface area contributed by atoms with Crippen LogP contribution in [0.25, 0.3) is 0 Å². The van der Waals surface area contributed by atoms with Gasteiger partial charge in [-0.1, -0.05) is 0 Å². The van der Waals surface area contributed by atoms with E-state index in [0.29, 0.717) is 22.1 Å². The van der Waals surface area contributed by atoms with Gasteiger partial charge in [-0.15, -0.1) is 11.3 Å². The summed E-state index contributed by atoms with van der Waals surface area (Å²) in [6.45, 7) is 0. The lowest BCUT2D eigenvalue weighted by Gasteiger charge is -2.08. The average Bonchev–Trinajstić information content (AvgIpc) is 2.99. The van der Waals surface area contributed by atoms with Gasteiger partial charge >= 0.3 is 0 Å². The average molecular weight is 312 g/mol. The van der Waals surface area contributed by atoms with E-state index in [9.17, 15) is 4.79 Å². The van der Waals surface area contributed by atoms with Crippen molar-refractivity contribution in [1.82, 2.24) is 15.0 Å². The fourth-order valence-electron chi connectivity index (χ4n) is 1.77. The van der Waals surface area contributed by atoms with Gasteiger partial charge in [0.15, 0.2) is 5.69 Å². The van der Waals surface area contributed by atoms with Gasteiger partial charge in [0, 0.05) is 12.4 Å². The van der Waals surface area contributed by atoms with E-state index in [1.54, 1.807) is 36.2 Å². The summed E-state index contributed by atoms with van der Waals surface area (Å²) in [6.07, 6.45) is 6.38. The summed E-state index contributed by atoms with van der Waals surface area (Å²) in [5, 5.41) is 6.48. The maximum atomic E-state index is 12.3. The summed E-state index contributed by atoms with van der Waals surface area (Å²) in [5.74, 6) is -0.342. The fourth-order valence-corrected chi connectivity index (χ4v) is 2.46. The number of hydrogen-bond acceptors (Lipinski definition) is 7. The first-order valence-corrected chi connectivity index (χ1v) is 7.23. The Balaban J connectivity index is 1.79. The summed E-state index contributed by atoms with van der Waals surface area (Å²) < 4.78 is 0. The maximum absolute atomic E-state index is 12.3. The second kappa shape index (κ2) is 6.19. The number of nitrogens with zero attached hydrogens (tertiary/aromatic N) is 3. The Morgan fingerprint density at radius 3 is 2.82 bits per heavy atom. The first-order valence-electron chi connectivity index (χ1n) is 6.35. The number of carbonyl (C=O) groups is 1. The number of nitrogens with one attached hydrogen (secondary N) is 2.